The summed E-state index contributed by atoms with van der Waals surface area (Å²) in [6.07, 6.45) is 0.668. The second kappa shape index (κ2) is 9.93. The maximum absolute atomic E-state index is 14.0. The van der Waals surface area contributed by atoms with Crippen LogP contribution in [0, 0.1) is 5.92 Å². The minimum atomic E-state index is -0.800. The lowest BCUT2D eigenvalue weighted by atomic mass is 9.90. The van der Waals surface area contributed by atoms with Crippen molar-refractivity contribution in [1.82, 2.24) is 15.2 Å². The summed E-state index contributed by atoms with van der Waals surface area (Å²) in [5, 5.41) is 3.64. The van der Waals surface area contributed by atoms with Crippen LogP contribution in [0.15, 0.2) is 78.9 Å². The molecule has 3 unspecified atom stereocenters. The van der Waals surface area contributed by atoms with Crippen molar-refractivity contribution in [1.29, 1.82) is 0 Å². The van der Waals surface area contributed by atoms with Crippen LogP contribution in [0.1, 0.15) is 47.8 Å². The van der Waals surface area contributed by atoms with Crippen molar-refractivity contribution in [2.75, 3.05) is 6.54 Å². The van der Waals surface area contributed by atoms with Gasteiger partial charge in [-0.2, -0.15) is 0 Å². The van der Waals surface area contributed by atoms with Gasteiger partial charge >= 0.3 is 0 Å². The van der Waals surface area contributed by atoms with E-state index < -0.39 is 18.0 Å². The molecule has 188 valence electrons. The molecule has 3 amide bonds. The topological polar surface area (TPSA) is 108 Å². The first-order valence-corrected chi connectivity index (χ1v) is 12.6. The zero-order valence-corrected chi connectivity index (χ0v) is 20.9. The van der Waals surface area contributed by atoms with Crippen LogP contribution in [0.3, 0.4) is 0 Å². The number of nitrogens with two attached hydrogens (primary N) is 1. The van der Waals surface area contributed by atoms with Gasteiger partial charge in [0.15, 0.2) is 0 Å². The smallest absolute Gasteiger partial charge is 0.255 e. The second-order valence-electron chi connectivity index (χ2n) is 9.54. The summed E-state index contributed by atoms with van der Waals surface area (Å²) >= 11 is 0. The van der Waals surface area contributed by atoms with E-state index in [1.807, 2.05) is 92.7 Å². The number of rotatable bonds is 8. The van der Waals surface area contributed by atoms with Gasteiger partial charge in [0.1, 0.15) is 6.04 Å². The summed E-state index contributed by atoms with van der Waals surface area (Å²) < 4.78 is 0. The van der Waals surface area contributed by atoms with E-state index in [2.05, 4.69) is 10.3 Å². The van der Waals surface area contributed by atoms with E-state index in [1.165, 1.54) is 0 Å². The molecule has 3 aromatic carbocycles. The molecule has 1 aliphatic heterocycles. The number of carbonyl (C=O) groups excluding carboxylic acids is 3. The first-order valence-electron chi connectivity index (χ1n) is 12.6. The second-order valence-corrected chi connectivity index (χ2v) is 9.54. The molecule has 5 rings (SSSR count). The van der Waals surface area contributed by atoms with E-state index in [0.717, 1.165) is 33.3 Å². The van der Waals surface area contributed by atoms with Gasteiger partial charge in [-0.25, -0.2) is 0 Å². The van der Waals surface area contributed by atoms with E-state index in [0.29, 0.717) is 12.0 Å². The van der Waals surface area contributed by atoms with Gasteiger partial charge in [-0.15, -0.1) is 0 Å². The fourth-order valence-electron chi connectivity index (χ4n) is 5.36. The SMILES string of the molecule is CCC(C)C(C(=O)NCC(N)=O)N1C(=O)c2ccccc2C1c1c(-c2ccccc2)[nH]c2ccccc12. The highest BCUT2D eigenvalue weighted by atomic mass is 16.2. The average Bonchev–Trinajstić information content (AvgIpc) is 3.43. The summed E-state index contributed by atoms with van der Waals surface area (Å²) in [5.41, 5.74) is 10.5. The van der Waals surface area contributed by atoms with Gasteiger partial charge in [0.05, 0.1) is 18.3 Å². The van der Waals surface area contributed by atoms with Crippen molar-refractivity contribution in [3.63, 3.8) is 0 Å². The zero-order chi connectivity index (χ0) is 26.1. The van der Waals surface area contributed by atoms with Crippen LogP contribution in [0.4, 0.5) is 0 Å². The van der Waals surface area contributed by atoms with Crippen LogP contribution in [-0.2, 0) is 9.59 Å². The summed E-state index contributed by atoms with van der Waals surface area (Å²) in [7, 11) is 0. The highest BCUT2D eigenvalue weighted by Crippen LogP contribution is 2.47. The third kappa shape index (κ3) is 4.27. The molecule has 37 heavy (non-hydrogen) atoms. The van der Waals surface area contributed by atoms with Crippen molar-refractivity contribution in [2.45, 2.75) is 32.4 Å². The van der Waals surface area contributed by atoms with Crippen LogP contribution >= 0.6 is 0 Å². The van der Waals surface area contributed by atoms with Gasteiger partial charge in [-0.1, -0.05) is 87.0 Å². The molecule has 7 heteroatoms. The zero-order valence-electron chi connectivity index (χ0n) is 20.9. The molecule has 2 heterocycles. The van der Waals surface area contributed by atoms with Crippen LogP contribution in [-0.4, -0.2) is 40.2 Å². The van der Waals surface area contributed by atoms with Crippen molar-refractivity contribution in [3.8, 4) is 11.3 Å². The van der Waals surface area contributed by atoms with Gasteiger partial charge < -0.3 is 20.9 Å². The molecule has 0 radical (unpaired) electrons. The normalized spacial score (nSPS) is 16.4. The van der Waals surface area contributed by atoms with Gasteiger partial charge in [0, 0.05) is 22.0 Å². The first kappa shape index (κ1) is 24.3. The Hall–Kier alpha value is -4.39. The Morgan fingerprint density at radius 2 is 1.68 bits per heavy atom. The molecule has 0 spiro atoms. The van der Waals surface area contributed by atoms with Crippen LogP contribution in [0.2, 0.25) is 0 Å². The lowest BCUT2D eigenvalue weighted by molar-refractivity contribution is -0.130. The minimum absolute atomic E-state index is 0.168. The highest BCUT2D eigenvalue weighted by Gasteiger charge is 2.47. The molecule has 0 saturated heterocycles. The summed E-state index contributed by atoms with van der Waals surface area (Å²) in [6.45, 7) is 3.66. The molecule has 4 aromatic rings. The third-order valence-electron chi connectivity index (χ3n) is 7.27. The molecule has 0 fully saturated rings. The van der Waals surface area contributed by atoms with E-state index in [-0.39, 0.29) is 24.3 Å². The molecular formula is C30H30N4O3. The monoisotopic (exact) mass is 494 g/mol. The van der Waals surface area contributed by atoms with Crippen LogP contribution < -0.4 is 11.1 Å². The first-order chi connectivity index (χ1) is 17.9. The number of nitrogens with zero attached hydrogens (tertiary/aromatic N) is 1. The largest absolute Gasteiger partial charge is 0.368 e. The summed E-state index contributed by atoms with van der Waals surface area (Å²) in [6, 6.07) is 24.3. The predicted molar refractivity (Wildman–Crippen MR) is 144 cm³/mol. The maximum atomic E-state index is 14.0. The molecule has 3 atom stereocenters. The summed E-state index contributed by atoms with van der Waals surface area (Å²) in [5.74, 6) is -1.39. The molecule has 0 bridgehead atoms. The lowest BCUT2D eigenvalue weighted by Crippen LogP contribution is -2.53. The number of fused-ring (bicyclic) bond motifs is 2. The standard InChI is InChI=1S/C30H30N4O3/c1-3-18(2)27(29(36)32-17-24(31)35)34-28(20-13-7-8-14-21(20)30(34)37)25-22-15-9-10-16-23(22)33-26(25)19-11-5-4-6-12-19/h4-16,18,27-28,33H,3,17H2,1-2H3,(H2,31,35)(H,32,36). The van der Waals surface area contributed by atoms with Gasteiger partial charge in [-0.3, -0.25) is 14.4 Å². The Morgan fingerprint density at radius 3 is 2.41 bits per heavy atom. The molecule has 1 aromatic heterocycles. The lowest BCUT2D eigenvalue weighted by Gasteiger charge is -2.36. The number of primary amides is 1. The number of hydrogen-bond donors (Lipinski definition) is 3. The fraction of sp³-hybridized carbons (Fsp3) is 0.233. The number of nitrogens with one attached hydrogen (secondary N) is 2. The van der Waals surface area contributed by atoms with Crippen LogP contribution in [0.5, 0.6) is 0 Å². The van der Waals surface area contributed by atoms with E-state index >= 15 is 0 Å². The number of para-hydroxylation sites is 1. The molecule has 0 saturated carbocycles. The quantitative estimate of drug-likeness (QED) is 0.338. The van der Waals surface area contributed by atoms with Crippen molar-refractivity contribution in [3.05, 3.63) is 95.6 Å². The van der Waals surface area contributed by atoms with Gasteiger partial charge in [-0.05, 0) is 29.2 Å². The number of hydrogen-bond acceptors (Lipinski definition) is 3. The molecule has 1 aliphatic rings. The Morgan fingerprint density at radius 1 is 1.00 bits per heavy atom. The average molecular weight is 495 g/mol. The molecule has 7 nitrogen and oxygen atoms in total. The van der Waals surface area contributed by atoms with Crippen molar-refractivity contribution >= 4 is 28.6 Å². The fourth-order valence-corrected chi connectivity index (χ4v) is 5.36. The van der Waals surface area contributed by atoms with Gasteiger partial charge in [0.2, 0.25) is 11.8 Å². The Balaban J connectivity index is 1.76. The number of aromatic amines is 1. The molecule has 4 N–H and O–H groups in total. The Kier molecular flexibility index (Phi) is 6.53. The van der Waals surface area contributed by atoms with Crippen molar-refractivity contribution in [2.24, 2.45) is 11.7 Å². The molecule has 0 aliphatic carbocycles. The van der Waals surface area contributed by atoms with Crippen LogP contribution in [0.25, 0.3) is 22.2 Å². The predicted octanol–water partition coefficient (Wildman–Crippen LogP) is 4.40. The third-order valence-corrected chi connectivity index (χ3v) is 7.27. The van der Waals surface area contributed by atoms with Gasteiger partial charge in [0.25, 0.3) is 5.91 Å². The molecular weight excluding hydrogens is 464 g/mol. The highest BCUT2D eigenvalue weighted by molar-refractivity contribution is 6.04. The Bertz CT molecular complexity index is 1480. The minimum Gasteiger partial charge on any atom is -0.368 e. The number of carbonyl (C=O) groups is 3. The van der Waals surface area contributed by atoms with E-state index in [9.17, 15) is 14.4 Å². The van der Waals surface area contributed by atoms with Crippen molar-refractivity contribution < 1.29 is 14.4 Å². The maximum Gasteiger partial charge on any atom is 0.255 e. The van der Waals surface area contributed by atoms with E-state index in [1.54, 1.807) is 4.90 Å². The number of H-pyrrole nitrogens is 1. The van der Waals surface area contributed by atoms with E-state index in [4.69, 9.17) is 5.73 Å². The summed E-state index contributed by atoms with van der Waals surface area (Å²) in [4.78, 5) is 44.3. The number of benzene rings is 3. The Labute approximate surface area is 215 Å². The number of amides is 3. The number of aromatic nitrogens is 1.